The molecule has 0 radical (unpaired) electrons. The molecule has 0 N–H and O–H groups in total. The Balaban J connectivity index is 2.99. The van der Waals surface area contributed by atoms with Crippen LogP contribution in [0.1, 0.15) is 34.8 Å². The first-order chi connectivity index (χ1) is 7.75. The SMILES string of the molecule is CCC(C)OC(=O)c1cc(S(=O)(=O)Cl)c(C)s1. The van der Waals surface area contributed by atoms with Crippen molar-refractivity contribution in [1.82, 2.24) is 0 Å². The van der Waals surface area contributed by atoms with Crippen molar-refractivity contribution < 1.29 is 17.9 Å². The molecule has 0 aliphatic rings. The van der Waals surface area contributed by atoms with Gasteiger partial charge in [0.25, 0.3) is 9.05 Å². The van der Waals surface area contributed by atoms with Crippen LogP contribution in [0.3, 0.4) is 0 Å². The molecule has 7 heteroatoms. The summed E-state index contributed by atoms with van der Waals surface area (Å²) >= 11 is 1.06. The van der Waals surface area contributed by atoms with Gasteiger partial charge in [0, 0.05) is 15.6 Å². The van der Waals surface area contributed by atoms with Crippen LogP contribution in [0.2, 0.25) is 0 Å². The van der Waals surface area contributed by atoms with E-state index >= 15 is 0 Å². The molecule has 4 nitrogen and oxygen atoms in total. The van der Waals surface area contributed by atoms with Gasteiger partial charge in [-0.15, -0.1) is 11.3 Å². The summed E-state index contributed by atoms with van der Waals surface area (Å²) in [5.41, 5.74) is 0. The molecule has 0 bridgehead atoms. The van der Waals surface area contributed by atoms with Crippen LogP contribution < -0.4 is 0 Å². The molecule has 0 saturated heterocycles. The highest BCUT2D eigenvalue weighted by Crippen LogP contribution is 2.28. The Morgan fingerprint density at radius 1 is 1.59 bits per heavy atom. The first kappa shape index (κ1) is 14.5. The molecule has 1 heterocycles. The van der Waals surface area contributed by atoms with Gasteiger partial charge in [-0.05, 0) is 26.3 Å². The van der Waals surface area contributed by atoms with Crippen molar-refractivity contribution in [3.63, 3.8) is 0 Å². The van der Waals surface area contributed by atoms with E-state index in [4.69, 9.17) is 15.4 Å². The molecule has 0 saturated carbocycles. The maximum atomic E-state index is 11.7. The van der Waals surface area contributed by atoms with Crippen LogP contribution in [0.15, 0.2) is 11.0 Å². The van der Waals surface area contributed by atoms with Gasteiger partial charge in [-0.3, -0.25) is 0 Å². The Kier molecular flexibility index (Phi) is 4.57. The van der Waals surface area contributed by atoms with Gasteiger partial charge >= 0.3 is 5.97 Å². The summed E-state index contributed by atoms with van der Waals surface area (Å²) in [7, 11) is 1.44. The summed E-state index contributed by atoms with van der Waals surface area (Å²) in [6.07, 6.45) is 0.512. The summed E-state index contributed by atoms with van der Waals surface area (Å²) < 4.78 is 27.5. The van der Waals surface area contributed by atoms with E-state index < -0.39 is 15.0 Å². The van der Waals surface area contributed by atoms with Gasteiger partial charge in [0.15, 0.2) is 0 Å². The van der Waals surface area contributed by atoms with Gasteiger partial charge in [-0.1, -0.05) is 6.92 Å². The topological polar surface area (TPSA) is 60.4 Å². The highest BCUT2D eigenvalue weighted by molar-refractivity contribution is 8.13. The first-order valence-electron chi connectivity index (χ1n) is 5.01. The van der Waals surface area contributed by atoms with Crippen LogP contribution in [0.25, 0.3) is 0 Å². The molecule has 1 rings (SSSR count). The van der Waals surface area contributed by atoms with Crippen molar-refractivity contribution in [3.05, 3.63) is 15.8 Å². The Labute approximate surface area is 109 Å². The van der Waals surface area contributed by atoms with E-state index in [0.717, 1.165) is 11.3 Å². The highest BCUT2D eigenvalue weighted by atomic mass is 35.7. The van der Waals surface area contributed by atoms with Crippen molar-refractivity contribution in [1.29, 1.82) is 0 Å². The number of halogens is 1. The van der Waals surface area contributed by atoms with E-state index in [1.165, 1.54) is 6.07 Å². The number of aryl methyl sites for hydroxylation is 1. The predicted octanol–water partition coefficient (Wildman–Crippen LogP) is 2.94. The zero-order chi connectivity index (χ0) is 13.2. The summed E-state index contributed by atoms with van der Waals surface area (Å²) in [4.78, 5) is 12.4. The maximum absolute atomic E-state index is 11.7. The van der Waals surface area contributed by atoms with E-state index in [2.05, 4.69) is 0 Å². The molecule has 0 aliphatic heterocycles. The third-order valence-corrected chi connectivity index (χ3v) is 4.83. The fraction of sp³-hybridized carbons (Fsp3) is 0.500. The lowest BCUT2D eigenvalue weighted by atomic mass is 10.3. The molecule has 17 heavy (non-hydrogen) atoms. The summed E-state index contributed by atoms with van der Waals surface area (Å²) in [5.74, 6) is -0.515. The Hall–Kier alpha value is -0.590. The molecule has 0 amide bonds. The number of rotatable bonds is 4. The van der Waals surface area contributed by atoms with Crippen LogP contribution in [0.5, 0.6) is 0 Å². The quantitative estimate of drug-likeness (QED) is 0.633. The second-order valence-corrected chi connectivity index (χ2v) is 7.38. The smallest absolute Gasteiger partial charge is 0.348 e. The van der Waals surface area contributed by atoms with Gasteiger partial charge < -0.3 is 4.74 Å². The van der Waals surface area contributed by atoms with Crippen LogP contribution in [0.4, 0.5) is 0 Å². The molecular formula is C10H13ClO4S2. The third kappa shape index (κ3) is 3.69. The second-order valence-electron chi connectivity index (χ2n) is 3.59. The number of hydrogen-bond acceptors (Lipinski definition) is 5. The standard InChI is InChI=1S/C10H13ClO4S2/c1-4-6(2)15-10(12)8-5-9(7(3)16-8)17(11,13)14/h5-6H,4H2,1-3H3. The largest absolute Gasteiger partial charge is 0.459 e. The zero-order valence-corrected chi connectivity index (χ0v) is 12.1. The third-order valence-electron chi connectivity index (χ3n) is 2.22. The molecule has 1 aromatic heterocycles. The number of ether oxygens (including phenoxy) is 1. The summed E-state index contributed by atoms with van der Waals surface area (Å²) in [6.45, 7) is 5.27. The first-order valence-corrected chi connectivity index (χ1v) is 8.14. The number of esters is 1. The maximum Gasteiger partial charge on any atom is 0.348 e. The average molecular weight is 297 g/mol. The second kappa shape index (κ2) is 5.37. The van der Waals surface area contributed by atoms with Gasteiger partial charge in [-0.25, -0.2) is 13.2 Å². The molecule has 0 fully saturated rings. The van der Waals surface area contributed by atoms with E-state index in [1.54, 1.807) is 13.8 Å². The van der Waals surface area contributed by atoms with Crippen LogP contribution in [-0.4, -0.2) is 20.5 Å². The monoisotopic (exact) mass is 296 g/mol. The lowest BCUT2D eigenvalue weighted by Crippen LogP contribution is -2.12. The van der Waals surface area contributed by atoms with Crippen LogP contribution in [0, 0.1) is 6.92 Å². The highest BCUT2D eigenvalue weighted by Gasteiger charge is 2.21. The number of carbonyl (C=O) groups is 1. The van der Waals surface area contributed by atoms with Crippen molar-refractivity contribution in [3.8, 4) is 0 Å². The minimum absolute atomic E-state index is 0.0275. The van der Waals surface area contributed by atoms with Gasteiger partial charge in [0.2, 0.25) is 0 Å². The zero-order valence-electron chi connectivity index (χ0n) is 9.69. The summed E-state index contributed by atoms with van der Waals surface area (Å²) in [5, 5.41) is 0. The molecule has 1 aromatic rings. The lowest BCUT2D eigenvalue weighted by Gasteiger charge is -2.08. The fourth-order valence-electron chi connectivity index (χ4n) is 1.13. The van der Waals surface area contributed by atoms with Crippen molar-refractivity contribution in [2.45, 2.75) is 38.2 Å². The van der Waals surface area contributed by atoms with E-state index in [9.17, 15) is 13.2 Å². The normalized spacial score (nSPS) is 13.4. The predicted molar refractivity (Wildman–Crippen MR) is 67.3 cm³/mol. The Bertz CT molecular complexity index is 518. The number of carbonyl (C=O) groups excluding carboxylic acids is 1. The minimum Gasteiger partial charge on any atom is -0.459 e. The molecule has 0 aromatic carbocycles. The molecule has 96 valence electrons. The Morgan fingerprint density at radius 2 is 2.18 bits per heavy atom. The van der Waals surface area contributed by atoms with E-state index in [0.29, 0.717) is 11.3 Å². The lowest BCUT2D eigenvalue weighted by molar-refractivity contribution is 0.0340. The molecule has 0 spiro atoms. The van der Waals surface area contributed by atoms with Gasteiger partial charge in [0.05, 0.1) is 11.0 Å². The van der Waals surface area contributed by atoms with Gasteiger partial charge in [-0.2, -0.15) is 0 Å². The fourth-order valence-corrected chi connectivity index (χ4v) is 3.68. The molecular weight excluding hydrogens is 284 g/mol. The van der Waals surface area contributed by atoms with Crippen molar-refractivity contribution >= 4 is 37.0 Å². The van der Waals surface area contributed by atoms with E-state index in [-0.39, 0.29) is 15.9 Å². The minimum atomic E-state index is -3.81. The van der Waals surface area contributed by atoms with Crippen molar-refractivity contribution in [2.24, 2.45) is 0 Å². The molecule has 0 aliphatic carbocycles. The van der Waals surface area contributed by atoms with E-state index in [1.807, 2.05) is 6.92 Å². The number of hydrogen-bond donors (Lipinski definition) is 0. The average Bonchev–Trinajstić information content (AvgIpc) is 2.59. The van der Waals surface area contributed by atoms with Crippen LogP contribution in [-0.2, 0) is 13.8 Å². The van der Waals surface area contributed by atoms with Crippen molar-refractivity contribution in [2.75, 3.05) is 0 Å². The summed E-state index contributed by atoms with van der Waals surface area (Å²) in [6, 6.07) is 1.26. The Morgan fingerprint density at radius 3 is 2.59 bits per heavy atom. The van der Waals surface area contributed by atoms with Crippen LogP contribution >= 0.6 is 22.0 Å². The van der Waals surface area contributed by atoms with Gasteiger partial charge in [0.1, 0.15) is 4.88 Å². The molecule has 1 unspecified atom stereocenters. The number of thiophene rings is 1. The molecule has 1 atom stereocenters.